The van der Waals surface area contributed by atoms with Gasteiger partial charge in [-0.15, -0.1) is 11.6 Å². The maximum atomic E-state index is 11.9. The molecule has 2 N–H and O–H groups in total. The van der Waals surface area contributed by atoms with Crippen LogP contribution < -0.4 is 4.83 Å². The molecule has 0 radical (unpaired) electrons. The molecule has 21 heavy (non-hydrogen) atoms. The van der Waals surface area contributed by atoms with Crippen LogP contribution in [-0.4, -0.2) is 31.3 Å². The molecule has 1 aromatic carbocycles. The van der Waals surface area contributed by atoms with Crippen molar-refractivity contribution < 1.29 is 13.2 Å². The number of hydrogen-bond acceptors (Lipinski definition) is 4. The first-order valence-corrected chi connectivity index (χ1v) is 7.92. The van der Waals surface area contributed by atoms with E-state index in [0.29, 0.717) is 11.3 Å². The van der Waals surface area contributed by atoms with E-state index in [1.165, 1.54) is 30.6 Å². The van der Waals surface area contributed by atoms with Gasteiger partial charge in [0, 0.05) is 11.8 Å². The van der Waals surface area contributed by atoms with E-state index in [1.54, 1.807) is 18.2 Å². The van der Waals surface area contributed by atoms with E-state index in [0.717, 1.165) is 0 Å². The average molecular weight is 326 g/mol. The molecule has 0 fully saturated rings. The van der Waals surface area contributed by atoms with Crippen molar-refractivity contribution in [2.45, 2.75) is 4.90 Å². The van der Waals surface area contributed by atoms with Crippen molar-refractivity contribution in [1.29, 1.82) is 0 Å². The summed E-state index contributed by atoms with van der Waals surface area (Å²) >= 11 is 5.44. The Labute approximate surface area is 126 Å². The number of ketones is 1. The summed E-state index contributed by atoms with van der Waals surface area (Å²) in [7, 11) is -3.69. The van der Waals surface area contributed by atoms with Crippen LogP contribution in [0.1, 0.15) is 16.1 Å². The van der Waals surface area contributed by atoms with Crippen molar-refractivity contribution in [3.05, 3.63) is 53.9 Å². The Morgan fingerprint density at radius 2 is 2.05 bits per heavy atom. The summed E-state index contributed by atoms with van der Waals surface area (Å²) in [4.78, 5) is 16.3. The van der Waals surface area contributed by atoms with Crippen LogP contribution in [-0.2, 0) is 10.0 Å². The molecule has 0 atom stereocenters. The molecule has 0 aliphatic heterocycles. The van der Waals surface area contributed by atoms with Crippen molar-refractivity contribution in [3.63, 3.8) is 0 Å². The van der Waals surface area contributed by atoms with E-state index < -0.39 is 10.0 Å². The third-order valence-electron chi connectivity index (χ3n) is 2.58. The first-order chi connectivity index (χ1) is 10.0. The average Bonchev–Trinajstić information content (AvgIpc) is 2.96. The number of carbonyl (C=O) groups excluding carboxylic acids is 1. The van der Waals surface area contributed by atoms with Crippen LogP contribution in [0.2, 0.25) is 0 Å². The molecule has 2 aromatic rings. The fraction of sp³-hybridized carbons (Fsp3) is 0.0769. The van der Waals surface area contributed by atoms with E-state index in [1.807, 2.05) is 0 Å². The minimum atomic E-state index is -3.69. The van der Waals surface area contributed by atoms with Gasteiger partial charge in [0.05, 0.1) is 22.7 Å². The lowest BCUT2D eigenvalue weighted by Gasteiger charge is -2.01. The molecule has 110 valence electrons. The number of aromatic amines is 1. The zero-order valence-electron chi connectivity index (χ0n) is 10.8. The fourth-order valence-corrected chi connectivity index (χ4v) is 2.51. The number of nitrogens with one attached hydrogen (secondary N) is 2. The summed E-state index contributed by atoms with van der Waals surface area (Å²) in [5, 5.41) is 3.65. The van der Waals surface area contributed by atoms with E-state index in [9.17, 15) is 13.2 Å². The first kappa shape index (κ1) is 15.3. The van der Waals surface area contributed by atoms with Crippen LogP contribution in [0.5, 0.6) is 0 Å². The van der Waals surface area contributed by atoms with E-state index in [-0.39, 0.29) is 16.6 Å². The number of hydrogen-bond donors (Lipinski definition) is 2. The Kier molecular flexibility index (Phi) is 4.77. The maximum absolute atomic E-state index is 11.9. The van der Waals surface area contributed by atoms with Crippen molar-refractivity contribution in [2.75, 3.05) is 5.88 Å². The summed E-state index contributed by atoms with van der Waals surface area (Å²) in [5.41, 5.74) is 0.900. The van der Waals surface area contributed by atoms with Gasteiger partial charge < -0.3 is 4.98 Å². The predicted octanol–water partition coefficient (Wildman–Crippen LogP) is 1.75. The molecule has 0 aliphatic rings. The number of halogens is 1. The molecule has 0 amide bonds. The predicted molar refractivity (Wildman–Crippen MR) is 80.2 cm³/mol. The molecule has 1 aromatic heterocycles. The summed E-state index contributed by atoms with van der Waals surface area (Å²) in [6.45, 7) is 0. The Morgan fingerprint density at radius 3 is 2.71 bits per heavy atom. The minimum Gasteiger partial charge on any atom is -0.360 e. The SMILES string of the molecule is O=C(CCl)c1c[nH]c(/C=N\NS(=O)(=O)c2ccccc2)c1. The lowest BCUT2D eigenvalue weighted by Crippen LogP contribution is -2.18. The molecular weight excluding hydrogens is 314 g/mol. The highest BCUT2D eigenvalue weighted by Gasteiger charge is 2.11. The van der Waals surface area contributed by atoms with Crippen LogP contribution in [0.4, 0.5) is 0 Å². The zero-order valence-corrected chi connectivity index (χ0v) is 12.4. The van der Waals surface area contributed by atoms with Crippen molar-refractivity contribution in [2.24, 2.45) is 5.10 Å². The molecule has 0 bridgehead atoms. The van der Waals surface area contributed by atoms with Crippen LogP contribution in [0.15, 0.2) is 52.6 Å². The number of aromatic nitrogens is 1. The van der Waals surface area contributed by atoms with Crippen LogP contribution in [0.25, 0.3) is 0 Å². The van der Waals surface area contributed by atoms with Gasteiger partial charge in [-0.05, 0) is 18.2 Å². The monoisotopic (exact) mass is 325 g/mol. The third-order valence-corrected chi connectivity index (χ3v) is 4.06. The van der Waals surface area contributed by atoms with Gasteiger partial charge in [0.25, 0.3) is 10.0 Å². The molecule has 6 nitrogen and oxygen atoms in total. The summed E-state index contributed by atoms with van der Waals surface area (Å²) in [6.07, 6.45) is 2.75. The second-order valence-corrected chi connectivity index (χ2v) is 5.99. The zero-order chi connectivity index (χ0) is 15.3. The fourth-order valence-electron chi connectivity index (χ4n) is 1.54. The Hall–Kier alpha value is -2.12. The lowest BCUT2D eigenvalue weighted by atomic mass is 10.2. The van der Waals surface area contributed by atoms with Crippen molar-refractivity contribution >= 4 is 33.6 Å². The topological polar surface area (TPSA) is 91.4 Å². The summed E-state index contributed by atoms with van der Waals surface area (Å²) < 4.78 is 23.8. The summed E-state index contributed by atoms with van der Waals surface area (Å²) in [5.74, 6) is -0.341. The number of Topliss-reactive ketones (excluding diaryl/α,β-unsaturated/α-hetero) is 1. The Balaban J connectivity index is 2.06. The smallest absolute Gasteiger partial charge is 0.276 e. The van der Waals surface area contributed by atoms with Crippen LogP contribution in [0.3, 0.4) is 0 Å². The standard InChI is InChI=1S/C13H12ClN3O3S/c14-7-13(18)10-6-11(15-8-10)9-16-17-21(19,20)12-4-2-1-3-5-12/h1-6,8-9,15,17H,7H2/b16-9-. The molecule has 2 rings (SSSR count). The van der Waals surface area contributed by atoms with E-state index >= 15 is 0 Å². The van der Waals surface area contributed by atoms with Gasteiger partial charge in [-0.1, -0.05) is 18.2 Å². The number of H-pyrrole nitrogens is 1. The molecule has 0 spiro atoms. The highest BCUT2D eigenvalue weighted by Crippen LogP contribution is 2.07. The van der Waals surface area contributed by atoms with Gasteiger partial charge in [0.15, 0.2) is 5.78 Å². The number of hydrazone groups is 1. The Bertz CT molecular complexity index is 754. The number of sulfonamides is 1. The number of alkyl halides is 1. The maximum Gasteiger partial charge on any atom is 0.276 e. The molecule has 8 heteroatoms. The van der Waals surface area contributed by atoms with Crippen molar-refractivity contribution in [1.82, 2.24) is 9.82 Å². The van der Waals surface area contributed by atoms with E-state index in [4.69, 9.17) is 11.6 Å². The van der Waals surface area contributed by atoms with Gasteiger partial charge in [0.2, 0.25) is 0 Å². The van der Waals surface area contributed by atoms with Gasteiger partial charge in [-0.2, -0.15) is 13.5 Å². The largest absolute Gasteiger partial charge is 0.360 e. The Morgan fingerprint density at radius 1 is 1.33 bits per heavy atom. The molecule has 0 unspecified atom stereocenters. The third kappa shape index (κ3) is 3.93. The van der Waals surface area contributed by atoms with Crippen LogP contribution >= 0.6 is 11.6 Å². The van der Waals surface area contributed by atoms with Crippen molar-refractivity contribution in [3.8, 4) is 0 Å². The number of carbonyl (C=O) groups is 1. The van der Waals surface area contributed by atoms with Gasteiger partial charge >= 0.3 is 0 Å². The number of nitrogens with zero attached hydrogens (tertiary/aromatic N) is 1. The minimum absolute atomic E-state index is 0.116. The molecule has 0 aliphatic carbocycles. The van der Waals surface area contributed by atoms with Gasteiger partial charge in [-0.3, -0.25) is 4.79 Å². The highest BCUT2D eigenvalue weighted by molar-refractivity contribution is 7.89. The first-order valence-electron chi connectivity index (χ1n) is 5.90. The van der Waals surface area contributed by atoms with E-state index in [2.05, 4.69) is 14.9 Å². The van der Waals surface area contributed by atoms with Crippen LogP contribution in [0, 0.1) is 0 Å². The molecule has 0 saturated carbocycles. The summed E-state index contributed by atoms with van der Waals surface area (Å²) in [6, 6.07) is 9.41. The quantitative estimate of drug-likeness (QED) is 0.367. The number of rotatable bonds is 6. The second-order valence-electron chi connectivity index (χ2n) is 4.07. The normalized spacial score (nSPS) is 11.7. The highest BCUT2D eigenvalue weighted by atomic mass is 35.5. The number of benzene rings is 1. The molecule has 1 heterocycles. The van der Waals surface area contributed by atoms with Gasteiger partial charge in [-0.25, -0.2) is 4.83 Å². The molecular formula is C13H12ClN3O3S. The lowest BCUT2D eigenvalue weighted by molar-refractivity contribution is 0.102. The second kappa shape index (κ2) is 6.55. The van der Waals surface area contributed by atoms with Gasteiger partial charge in [0.1, 0.15) is 0 Å². The molecule has 0 saturated heterocycles.